The third kappa shape index (κ3) is 4.17. The number of hydrogen-bond acceptors (Lipinski definition) is 3. The van der Waals surface area contributed by atoms with Crippen LogP contribution in [-0.4, -0.2) is 25.3 Å². The minimum Gasteiger partial charge on any atom is -0.465 e. The molecular formula is C14H17F4NO2. The van der Waals surface area contributed by atoms with Gasteiger partial charge in [0.2, 0.25) is 0 Å². The zero-order valence-electron chi connectivity index (χ0n) is 11.5. The van der Waals surface area contributed by atoms with Crippen molar-refractivity contribution in [1.29, 1.82) is 0 Å². The minimum absolute atomic E-state index is 0.0267. The Bertz CT molecular complexity index is 490. The molecule has 21 heavy (non-hydrogen) atoms. The van der Waals surface area contributed by atoms with Gasteiger partial charge >= 0.3 is 12.1 Å². The summed E-state index contributed by atoms with van der Waals surface area (Å²) in [4.78, 5) is 12.1. The second kappa shape index (κ2) is 6.89. The van der Waals surface area contributed by atoms with Crippen LogP contribution in [0.1, 0.15) is 25.3 Å². The summed E-state index contributed by atoms with van der Waals surface area (Å²) < 4.78 is 56.3. The van der Waals surface area contributed by atoms with Crippen LogP contribution in [0.15, 0.2) is 24.3 Å². The van der Waals surface area contributed by atoms with E-state index >= 15 is 0 Å². The number of hydrogen-bond donors (Lipinski definition) is 1. The summed E-state index contributed by atoms with van der Waals surface area (Å²) in [5, 5.41) is 0. The predicted octanol–water partition coefficient (Wildman–Crippen LogP) is 2.93. The number of carbonyl (C=O) groups excluding carboxylic acids is 1. The average molecular weight is 307 g/mol. The molecule has 1 aromatic carbocycles. The molecule has 1 rings (SSSR count). The van der Waals surface area contributed by atoms with Gasteiger partial charge in [-0.05, 0) is 19.4 Å². The van der Waals surface area contributed by atoms with E-state index < -0.39 is 42.8 Å². The summed E-state index contributed by atoms with van der Waals surface area (Å²) in [5.74, 6) is -1.72. The van der Waals surface area contributed by atoms with Crippen LogP contribution in [0, 0.1) is 5.82 Å². The fourth-order valence-corrected chi connectivity index (χ4v) is 2.12. The van der Waals surface area contributed by atoms with Gasteiger partial charge < -0.3 is 10.5 Å². The van der Waals surface area contributed by atoms with Gasteiger partial charge in [0.15, 0.2) is 0 Å². The van der Waals surface area contributed by atoms with Gasteiger partial charge in [0, 0.05) is 18.5 Å². The van der Waals surface area contributed by atoms with E-state index in [0.717, 1.165) is 6.07 Å². The summed E-state index contributed by atoms with van der Waals surface area (Å²) in [6.07, 6.45) is -6.39. The second-order valence-corrected chi connectivity index (χ2v) is 4.60. The first-order valence-electron chi connectivity index (χ1n) is 6.46. The SMILES string of the molecule is CCOC(=O)C(CN)(CCC(F)(F)F)c1ccccc1F. The van der Waals surface area contributed by atoms with Crippen LogP contribution in [0.3, 0.4) is 0 Å². The molecular weight excluding hydrogens is 290 g/mol. The molecule has 0 radical (unpaired) electrons. The third-order valence-electron chi connectivity index (χ3n) is 3.24. The highest BCUT2D eigenvalue weighted by atomic mass is 19.4. The van der Waals surface area contributed by atoms with Crippen molar-refractivity contribution in [1.82, 2.24) is 0 Å². The van der Waals surface area contributed by atoms with Crippen LogP contribution in [0.2, 0.25) is 0 Å². The number of halogens is 4. The van der Waals surface area contributed by atoms with Crippen molar-refractivity contribution >= 4 is 5.97 Å². The van der Waals surface area contributed by atoms with Gasteiger partial charge in [0.05, 0.1) is 6.61 Å². The molecule has 1 atom stereocenters. The Morgan fingerprint density at radius 2 is 1.86 bits per heavy atom. The number of carbonyl (C=O) groups is 1. The van der Waals surface area contributed by atoms with Crippen molar-refractivity contribution in [2.45, 2.75) is 31.4 Å². The normalized spacial score (nSPS) is 14.6. The molecule has 0 amide bonds. The summed E-state index contributed by atoms with van der Waals surface area (Å²) in [7, 11) is 0. The van der Waals surface area contributed by atoms with Crippen LogP contribution in [0.25, 0.3) is 0 Å². The number of alkyl halides is 3. The van der Waals surface area contributed by atoms with Crippen LogP contribution in [-0.2, 0) is 14.9 Å². The largest absolute Gasteiger partial charge is 0.465 e. The van der Waals surface area contributed by atoms with E-state index in [1.54, 1.807) is 0 Å². The minimum atomic E-state index is -4.47. The molecule has 7 heteroatoms. The monoisotopic (exact) mass is 307 g/mol. The Balaban J connectivity index is 3.26. The van der Waals surface area contributed by atoms with E-state index in [4.69, 9.17) is 10.5 Å². The maximum Gasteiger partial charge on any atom is 0.389 e. The molecule has 0 heterocycles. The molecule has 1 unspecified atom stereocenters. The van der Waals surface area contributed by atoms with Crippen LogP contribution >= 0.6 is 0 Å². The van der Waals surface area contributed by atoms with Crippen molar-refractivity contribution in [2.75, 3.05) is 13.2 Å². The fourth-order valence-electron chi connectivity index (χ4n) is 2.12. The van der Waals surface area contributed by atoms with Crippen molar-refractivity contribution in [3.05, 3.63) is 35.6 Å². The zero-order valence-corrected chi connectivity index (χ0v) is 11.5. The first-order chi connectivity index (χ1) is 9.77. The zero-order chi connectivity index (χ0) is 16.1. The van der Waals surface area contributed by atoms with Gasteiger partial charge in [-0.25, -0.2) is 4.39 Å². The molecule has 2 N–H and O–H groups in total. The molecule has 0 saturated heterocycles. The van der Waals surface area contributed by atoms with Crippen LogP contribution < -0.4 is 5.73 Å². The van der Waals surface area contributed by atoms with Crippen LogP contribution in [0.5, 0.6) is 0 Å². The Labute approximate surface area is 120 Å². The maximum absolute atomic E-state index is 13.9. The van der Waals surface area contributed by atoms with Gasteiger partial charge in [-0.1, -0.05) is 18.2 Å². The number of esters is 1. The van der Waals surface area contributed by atoms with Crippen LogP contribution in [0.4, 0.5) is 17.6 Å². The summed E-state index contributed by atoms with van der Waals surface area (Å²) in [6.45, 7) is 1.02. The molecule has 0 aliphatic carbocycles. The predicted molar refractivity (Wildman–Crippen MR) is 69.1 cm³/mol. The van der Waals surface area contributed by atoms with E-state index in [1.165, 1.54) is 25.1 Å². The van der Waals surface area contributed by atoms with Crippen molar-refractivity contribution < 1.29 is 27.1 Å². The molecule has 118 valence electrons. The average Bonchev–Trinajstić information content (AvgIpc) is 2.41. The fraction of sp³-hybridized carbons (Fsp3) is 0.500. The maximum atomic E-state index is 13.9. The number of ether oxygens (including phenoxy) is 1. The van der Waals surface area contributed by atoms with E-state index in [1.807, 2.05) is 0 Å². The Morgan fingerprint density at radius 3 is 2.33 bits per heavy atom. The molecule has 0 aliphatic heterocycles. The third-order valence-corrected chi connectivity index (χ3v) is 3.24. The lowest BCUT2D eigenvalue weighted by atomic mass is 9.76. The molecule has 0 saturated carbocycles. The number of nitrogens with two attached hydrogens (primary N) is 1. The van der Waals surface area contributed by atoms with E-state index in [9.17, 15) is 22.4 Å². The quantitative estimate of drug-likeness (QED) is 0.649. The van der Waals surface area contributed by atoms with E-state index in [0.29, 0.717) is 0 Å². The van der Waals surface area contributed by atoms with Gasteiger partial charge in [-0.15, -0.1) is 0 Å². The lowest BCUT2D eigenvalue weighted by molar-refractivity contribution is -0.156. The highest BCUT2D eigenvalue weighted by molar-refractivity contribution is 5.83. The highest BCUT2D eigenvalue weighted by Gasteiger charge is 2.45. The molecule has 3 nitrogen and oxygen atoms in total. The number of rotatable bonds is 6. The van der Waals surface area contributed by atoms with Gasteiger partial charge in [0.1, 0.15) is 11.2 Å². The van der Waals surface area contributed by atoms with Crippen molar-refractivity contribution in [3.63, 3.8) is 0 Å². The lowest BCUT2D eigenvalue weighted by Crippen LogP contribution is -2.45. The summed E-state index contributed by atoms with van der Waals surface area (Å²) >= 11 is 0. The Hall–Kier alpha value is -1.63. The first kappa shape index (κ1) is 17.4. The topological polar surface area (TPSA) is 52.3 Å². The van der Waals surface area contributed by atoms with Gasteiger partial charge in [-0.3, -0.25) is 4.79 Å². The molecule has 1 aromatic rings. The first-order valence-corrected chi connectivity index (χ1v) is 6.46. The molecule has 0 aromatic heterocycles. The van der Waals surface area contributed by atoms with Gasteiger partial charge in [-0.2, -0.15) is 13.2 Å². The smallest absolute Gasteiger partial charge is 0.389 e. The van der Waals surface area contributed by atoms with Gasteiger partial charge in [0.25, 0.3) is 0 Å². The van der Waals surface area contributed by atoms with E-state index in [2.05, 4.69) is 0 Å². The summed E-state index contributed by atoms with van der Waals surface area (Å²) in [5.41, 5.74) is 3.53. The molecule has 0 bridgehead atoms. The highest BCUT2D eigenvalue weighted by Crippen LogP contribution is 2.36. The Kier molecular flexibility index (Phi) is 5.71. The Morgan fingerprint density at radius 1 is 1.24 bits per heavy atom. The van der Waals surface area contributed by atoms with Crippen molar-refractivity contribution in [2.24, 2.45) is 5.73 Å². The molecule has 0 aliphatic rings. The summed E-state index contributed by atoms with van der Waals surface area (Å²) in [6, 6.07) is 5.16. The lowest BCUT2D eigenvalue weighted by Gasteiger charge is -2.31. The van der Waals surface area contributed by atoms with Crippen molar-refractivity contribution in [3.8, 4) is 0 Å². The standard InChI is InChI=1S/C14H17F4NO2/c1-2-21-12(20)13(9-19,7-8-14(16,17)18)10-5-3-4-6-11(10)15/h3-6H,2,7-9,19H2,1H3. The van der Waals surface area contributed by atoms with E-state index in [-0.39, 0.29) is 12.2 Å². The molecule has 0 fully saturated rings. The molecule has 0 spiro atoms. The number of benzene rings is 1. The second-order valence-electron chi connectivity index (χ2n) is 4.60.